The number of aromatic amines is 1. The summed E-state index contributed by atoms with van der Waals surface area (Å²) < 4.78 is 11.2. The molecule has 0 aliphatic rings. The Morgan fingerprint density at radius 2 is 1.81 bits per heavy atom. The monoisotopic (exact) mass is 381 g/mol. The van der Waals surface area contributed by atoms with Crippen LogP contribution in [0.25, 0.3) is 21.9 Å². The normalized spacial score (nSPS) is 11.2. The minimum absolute atomic E-state index is 0.182. The summed E-state index contributed by atoms with van der Waals surface area (Å²) in [7, 11) is 0. The molecule has 2 heterocycles. The number of aryl methyl sites for hydroxylation is 2. The van der Waals surface area contributed by atoms with Crippen LogP contribution in [0, 0.1) is 13.8 Å². The van der Waals surface area contributed by atoms with Gasteiger partial charge in [0, 0.05) is 45.1 Å². The quantitative estimate of drug-likeness (QED) is 0.531. The molecule has 136 valence electrons. The van der Waals surface area contributed by atoms with Gasteiger partial charge in [0.25, 0.3) is 0 Å². The number of halogens is 1. The van der Waals surface area contributed by atoms with E-state index in [0.29, 0.717) is 21.9 Å². The Labute approximate surface area is 159 Å². The van der Waals surface area contributed by atoms with Crippen molar-refractivity contribution in [3.8, 4) is 5.75 Å². The van der Waals surface area contributed by atoms with Crippen LogP contribution in [0.4, 0.5) is 0 Å². The van der Waals surface area contributed by atoms with Gasteiger partial charge in [-0.1, -0.05) is 11.6 Å². The SMILES string of the molecule is Cc1cc(OCc2cc(=O)[nH]c3ccc(Cl)cc23)cc2oc(=O)cc(C)c12. The summed E-state index contributed by atoms with van der Waals surface area (Å²) in [6.07, 6.45) is 0. The fourth-order valence-electron chi connectivity index (χ4n) is 3.36. The Hall–Kier alpha value is -3.05. The molecule has 0 amide bonds. The van der Waals surface area contributed by atoms with Crippen LogP contribution in [0.2, 0.25) is 5.02 Å². The third-order valence-corrected chi connectivity index (χ3v) is 4.73. The predicted octanol–water partition coefficient (Wildman–Crippen LogP) is 4.48. The molecule has 4 rings (SSSR count). The molecule has 0 spiro atoms. The second-order valence-corrected chi connectivity index (χ2v) is 6.94. The zero-order valence-electron chi connectivity index (χ0n) is 14.8. The Balaban J connectivity index is 1.74. The first-order chi connectivity index (χ1) is 12.9. The van der Waals surface area contributed by atoms with E-state index < -0.39 is 5.63 Å². The van der Waals surface area contributed by atoms with Crippen molar-refractivity contribution >= 4 is 33.5 Å². The Kier molecular flexibility index (Phi) is 4.24. The number of ether oxygens (including phenoxy) is 1. The van der Waals surface area contributed by atoms with E-state index in [1.807, 2.05) is 19.9 Å². The molecule has 0 bridgehead atoms. The number of benzene rings is 2. The molecule has 2 aromatic carbocycles. The Morgan fingerprint density at radius 3 is 2.63 bits per heavy atom. The van der Waals surface area contributed by atoms with Crippen LogP contribution in [0.5, 0.6) is 5.75 Å². The Bertz CT molecular complexity index is 1300. The maximum absolute atomic E-state index is 11.9. The van der Waals surface area contributed by atoms with Gasteiger partial charge >= 0.3 is 5.63 Å². The fraction of sp³-hybridized carbons (Fsp3) is 0.143. The van der Waals surface area contributed by atoms with Crippen molar-refractivity contribution in [3.63, 3.8) is 0 Å². The zero-order chi connectivity index (χ0) is 19.1. The third-order valence-electron chi connectivity index (χ3n) is 4.50. The molecule has 0 unspecified atom stereocenters. The molecule has 1 N–H and O–H groups in total. The molecule has 27 heavy (non-hydrogen) atoms. The second kappa shape index (κ2) is 6.59. The van der Waals surface area contributed by atoms with Crippen LogP contribution in [0.1, 0.15) is 16.7 Å². The van der Waals surface area contributed by atoms with Crippen molar-refractivity contribution in [1.29, 1.82) is 0 Å². The number of hydrogen-bond donors (Lipinski definition) is 1. The van der Waals surface area contributed by atoms with Gasteiger partial charge in [-0.3, -0.25) is 4.79 Å². The highest BCUT2D eigenvalue weighted by Crippen LogP contribution is 2.28. The number of nitrogens with one attached hydrogen (secondary N) is 1. The first-order valence-corrected chi connectivity index (χ1v) is 8.78. The van der Waals surface area contributed by atoms with E-state index in [4.69, 9.17) is 20.8 Å². The average Bonchev–Trinajstić information content (AvgIpc) is 2.59. The van der Waals surface area contributed by atoms with Gasteiger partial charge in [0.2, 0.25) is 5.56 Å². The highest BCUT2D eigenvalue weighted by atomic mass is 35.5. The molecule has 5 nitrogen and oxygen atoms in total. The summed E-state index contributed by atoms with van der Waals surface area (Å²) in [6.45, 7) is 3.99. The number of aromatic nitrogens is 1. The van der Waals surface area contributed by atoms with E-state index in [9.17, 15) is 9.59 Å². The van der Waals surface area contributed by atoms with Crippen molar-refractivity contribution in [3.05, 3.63) is 85.0 Å². The van der Waals surface area contributed by atoms with Crippen LogP contribution < -0.4 is 15.9 Å². The van der Waals surface area contributed by atoms with Gasteiger partial charge in [-0.15, -0.1) is 0 Å². The molecule has 0 aliphatic carbocycles. The van der Waals surface area contributed by atoms with E-state index in [2.05, 4.69) is 4.98 Å². The number of H-pyrrole nitrogens is 1. The summed E-state index contributed by atoms with van der Waals surface area (Å²) in [4.78, 5) is 26.4. The third kappa shape index (κ3) is 3.34. The van der Waals surface area contributed by atoms with E-state index in [0.717, 1.165) is 27.5 Å². The average molecular weight is 382 g/mol. The summed E-state index contributed by atoms with van der Waals surface area (Å²) >= 11 is 6.09. The summed E-state index contributed by atoms with van der Waals surface area (Å²) in [5.41, 5.74) is 3.10. The molecular formula is C21H16ClNO4. The number of fused-ring (bicyclic) bond motifs is 2. The lowest BCUT2D eigenvalue weighted by atomic mass is 10.1. The van der Waals surface area contributed by atoms with Crippen LogP contribution in [0.3, 0.4) is 0 Å². The van der Waals surface area contributed by atoms with Gasteiger partial charge in [-0.25, -0.2) is 4.79 Å². The van der Waals surface area contributed by atoms with Gasteiger partial charge in [-0.05, 0) is 49.2 Å². The van der Waals surface area contributed by atoms with Crippen molar-refractivity contribution in [2.45, 2.75) is 20.5 Å². The van der Waals surface area contributed by atoms with Gasteiger partial charge in [0.15, 0.2) is 0 Å². The summed E-state index contributed by atoms with van der Waals surface area (Å²) in [5.74, 6) is 0.559. The zero-order valence-corrected chi connectivity index (χ0v) is 15.5. The van der Waals surface area contributed by atoms with Crippen LogP contribution in [-0.4, -0.2) is 4.98 Å². The summed E-state index contributed by atoms with van der Waals surface area (Å²) in [6, 6.07) is 11.8. The van der Waals surface area contributed by atoms with Crippen molar-refractivity contribution in [2.24, 2.45) is 0 Å². The second-order valence-electron chi connectivity index (χ2n) is 6.50. The van der Waals surface area contributed by atoms with Gasteiger partial charge < -0.3 is 14.1 Å². The lowest BCUT2D eigenvalue weighted by Gasteiger charge is -2.11. The topological polar surface area (TPSA) is 72.3 Å². The minimum Gasteiger partial charge on any atom is -0.489 e. The van der Waals surface area contributed by atoms with Crippen LogP contribution >= 0.6 is 11.6 Å². The van der Waals surface area contributed by atoms with Gasteiger partial charge in [0.1, 0.15) is 17.9 Å². The molecule has 2 aromatic heterocycles. The number of hydrogen-bond acceptors (Lipinski definition) is 4. The molecular weight excluding hydrogens is 366 g/mol. The van der Waals surface area contributed by atoms with Crippen molar-refractivity contribution in [2.75, 3.05) is 0 Å². The predicted molar refractivity (Wildman–Crippen MR) is 106 cm³/mol. The number of rotatable bonds is 3. The lowest BCUT2D eigenvalue weighted by molar-refractivity contribution is 0.307. The van der Waals surface area contributed by atoms with E-state index >= 15 is 0 Å². The first kappa shape index (κ1) is 17.4. The molecule has 6 heteroatoms. The molecule has 0 fully saturated rings. The van der Waals surface area contributed by atoms with Crippen molar-refractivity contribution < 1.29 is 9.15 Å². The standard InChI is InChI=1S/C21H16ClNO4/c1-11-5-15(9-18-21(11)12(2)6-20(25)27-18)26-10-13-7-19(24)23-17-4-3-14(22)8-16(13)17/h3-9H,10H2,1-2H3,(H,23,24). The molecule has 0 aliphatic heterocycles. The van der Waals surface area contributed by atoms with Crippen molar-refractivity contribution in [1.82, 2.24) is 4.98 Å². The van der Waals surface area contributed by atoms with Crippen LogP contribution in [-0.2, 0) is 6.61 Å². The van der Waals surface area contributed by atoms with E-state index in [-0.39, 0.29) is 12.2 Å². The van der Waals surface area contributed by atoms with E-state index in [1.165, 1.54) is 12.1 Å². The molecule has 0 saturated heterocycles. The molecule has 0 atom stereocenters. The van der Waals surface area contributed by atoms with Gasteiger partial charge in [-0.2, -0.15) is 0 Å². The summed E-state index contributed by atoms with van der Waals surface area (Å²) in [5, 5.41) is 2.30. The van der Waals surface area contributed by atoms with E-state index in [1.54, 1.807) is 24.3 Å². The minimum atomic E-state index is -0.397. The maximum Gasteiger partial charge on any atom is 0.336 e. The van der Waals surface area contributed by atoms with Crippen LogP contribution in [0.15, 0.2) is 56.5 Å². The smallest absolute Gasteiger partial charge is 0.336 e. The highest BCUT2D eigenvalue weighted by molar-refractivity contribution is 6.31. The number of pyridine rings is 1. The highest BCUT2D eigenvalue weighted by Gasteiger charge is 2.10. The molecule has 0 saturated carbocycles. The molecule has 0 radical (unpaired) electrons. The largest absolute Gasteiger partial charge is 0.489 e. The fourth-order valence-corrected chi connectivity index (χ4v) is 3.53. The molecule has 4 aromatic rings. The Morgan fingerprint density at radius 1 is 1.04 bits per heavy atom. The first-order valence-electron chi connectivity index (χ1n) is 8.40. The van der Waals surface area contributed by atoms with Gasteiger partial charge in [0.05, 0.1) is 0 Å². The lowest BCUT2D eigenvalue weighted by Crippen LogP contribution is -2.08. The maximum atomic E-state index is 11.9.